The molecule has 3 heterocycles. The van der Waals surface area contributed by atoms with Gasteiger partial charge in [-0.05, 0) is 68.0 Å². The lowest BCUT2D eigenvalue weighted by atomic mass is 9.55. The molecule has 2 fully saturated rings. The number of rotatable bonds is 7. The summed E-state index contributed by atoms with van der Waals surface area (Å²) in [6.45, 7) is 8.13. The Morgan fingerprint density at radius 2 is 1.73 bits per heavy atom. The summed E-state index contributed by atoms with van der Waals surface area (Å²) in [6.07, 6.45) is 3.49. The fraction of sp³-hybridized carbons (Fsp3) is 0.444. The van der Waals surface area contributed by atoms with Crippen molar-refractivity contribution in [1.29, 1.82) is 5.26 Å². The molecule has 6 atom stereocenters. The zero-order chi connectivity index (χ0) is 34.5. The van der Waals surface area contributed by atoms with Gasteiger partial charge in [0.15, 0.2) is 13.9 Å². The van der Waals surface area contributed by atoms with Crippen LogP contribution in [0.3, 0.4) is 0 Å². The lowest BCUT2D eigenvalue weighted by Gasteiger charge is -2.59. The van der Waals surface area contributed by atoms with Gasteiger partial charge in [-0.2, -0.15) is 5.26 Å². The predicted molar refractivity (Wildman–Crippen MR) is 175 cm³/mol. The molecule has 0 radical (unpaired) electrons. The van der Waals surface area contributed by atoms with Gasteiger partial charge in [0.2, 0.25) is 11.4 Å². The average molecular weight is 669 g/mol. The van der Waals surface area contributed by atoms with E-state index in [1.165, 1.54) is 20.3 Å². The minimum atomic E-state index is -2.53. The molecule has 12 heteroatoms. The molecule has 1 saturated heterocycles. The molecular formula is C36H36N2O9Si. The highest BCUT2D eigenvalue weighted by Gasteiger charge is 2.94. The molecule has 3 aliphatic heterocycles. The van der Waals surface area contributed by atoms with Gasteiger partial charge in [-0.3, -0.25) is 0 Å². The standard InChI is InChI=1S/C36H36N2O9Si/c1-22-20-34(43-4,44-5)33(47-48(6,7)8)18-12-10-9-11-13-28-35(22)36(33,46-35)24-19-23(39)14-15-25(24)38(28)32(21-37)30-27(42-3)17-16-26(41-2)29(30)31(40)45-32/h9-10,14-17,19,22,28,39H,20H2,1-8H3/b10-9-/t22-,28-,32?,33?,35-,36-/m0/s1. The number of anilines is 1. The van der Waals surface area contributed by atoms with Crippen LogP contribution in [0.4, 0.5) is 5.69 Å². The first kappa shape index (κ1) is 32.1. The first-order chi connectivity index (χ1) is 22.8. The van der Waals surface area contributed by atoms with E-state index in [2.05, 4.69) is 29.8 Å². The maximum Gasteiger partial charge on any atom is 0.345 e. The number of nitrogens with zero attached hydrogens (tertiary/aromatic N) is 2. The lowest BCUT2D eigenvalue weighted by molar-refractivity contribution is -0.310. The number of benzene rings is 2. The van der Waals surface area contributed by atoms with Gasteiger partial charge in [-0.1, -0.05) is 30.6 Å². The Labute approximate surface area is 280 Å². The molecule has 0 amide bonds. The molecule has 2 aromatic carbocycles. The summed E-state index contributed by atoms with van der Waals surface area (Å²) in [5.41, 5.74) is -5.30. The zero-order valence-electron chi connectivity index (χ0n) is 28.0. The Balaban J connectivity index is 1.65. The molecule has 1 saturated carbocycles. The van der Waals surface area contributed by atoms with Crippen molar-refractivity contribution in [3.63, 3.8) is 0 Å². The van der Waals surface area contributed by atoms with E-state index < -0.39 is 48.6 Å². The highest BCUT2D eigenvalue weighted by molar-refractivity contribution is 6.69. The van der Waals surface area contributed by atoms with Gasteiger partial charge >= 0.3 is 11.7 Å². The first-order valence-electron chi connectivity index (χ1n) is 15.5. The van der Waals surface area contributed by atoms with Gasteiger partial charge in [-0.25, -0.2) is 4.79 Å². The number of aromatic hydroxyl groups is 1. The fourth-order valence-electron chi connectivity index (χ4n) is 8.52. The van der Waals surface area contributed by atoms with Crippen LogP contribution in [0.25, 0.3) is 0 Å². The molecule has 4 bridgehead atoms. The van der Waals surface area contributed by atoms with Crippen LogP contribution in [-0.2, 0) is 34.7 Å². The monoisotopic (exact) mass is 668 g/mol. The van der Waals surface area contributed by atoms with Gasteiger partial charge in [0.05, 0.1) is 19.8 Å². The SMILES string of the molecule is COc1ccc(OC)c2c1C(=O)OC2(C#N)N1c2ccc(O)cc2[C@@]23O[C@@]24[C@@H]1C#C/C=C\C#CC3(O[Si](C)(C)C)C(OC)(OC)C[C@@H]4C. The number of carbonyl (C=O) groups excluding carboxylic acids is 1. The Hall–Kier alpha value is -4.48. The molecule has 1 N–H and O–H groups in total. The Bertz CT molecular complexity index is 1960. The van der Waals surface area contributed by atoms with Crippen LogP contribution >= 0.6 is 0 Å². The molecule has 11 nitrogen and oxygen atoms in total. The van der Waals surface area contributed by atoms with Crippen molar-refractivity contribution < 1.29 is 42.7 Å². The van der Waals surface area contributed by atoms with E-state index in [9.17, 15) is 15.2 Å². The van der Waals surface area contributed by atoms with Crippen molar-refractivity contribution in [2.75, 3.05) is 33.3 Å². The summed E-state index contributed by atoms with van der Waals surface area (Å²) in [5.74, 6) is 10.8. The summed E-state index contributed by atoms with van der Waals surface area (Å²) in [7, 11) is 3.47. The highest BCUT2D eigenvalue weighted by atomic mass is 28.4. The number of phenols is 1. The second-order valence-electron chi connectivity index (χ2n) is 13.5. The molecule has 5 aliphatic rings. The largest absolute Gasteiger partial charge is 0.508 e. The third kappa shape index (κ3) is 3.60. The number of phenolic OH excluding ortho intramolecular Hbond substituents is 1. The summed E-state index contributed by atoms with van der Waals surface area (Å²) < 4.78 is 44.6. The van der Waals surface area contributed by atoms with Crippen molar-refractivity contribution in [2.45, 2.75) is 67.3 Å². The van der Waals surface area contributed by atoms with Crippen molar-refractivity contribution in [2.24, 2.45) is 5.92 Å². The number of hydrogen-bond acceptors (Lipinski definition) is 11. The van der Waals surface area contributed by atoms with E-state index >= 15 is 0 Å². The Kier molecular flexibility index (Phi) is 6.86. The van der Waals surface area contributed by atoms with Crippen LogP contribution in [0.15, 0.2) is 42.5 Å². The maximum absolute atomic E-state index is 13.8. The summed E-state index contributed by atoms with van der Waals surface area (Å²) in [6, 6.07) is 9.35. The van der Waals surface area contributed by atoms with Gasteiger partial charge < -0.3 is 42.9 Å². The predicted octanol–water partition coefficient (Wildman–Crippen LogP) is 4.31. The van der Waals surface area contributed by atoms with Crippen LogP contribution in [0.1, 0.15) is 34.8 Å². The van der Waals surface area contributed by atoms with E-state index in [0.717, 1.165) is 0 Å². The number of cyclic esters (lactones) is 1. The first-order valence-corrected chi connectivity index (χ1v) is 19.0. The van der Waals surface area contributed by atoms with Gasteiger partial charge in [-0.15, -0.1) is 0 Å². The average Bonchev–Trinajstić information content (AvgIpc) is 3.72. The second-order valence-corrected chi connectivity index (χ2v) is 17.9. The quantitative estimate of drug-likeness (QED) is 0.149. The summed E-state index contributed by atoms with van der Waals surface area (Å²) in [5, 5.41) is 22.4. The highest BCUT2D eigenvalue weighted by Crippen LogP contribution is 2.79. The van der Waals surface area contributed by atoms with Crippen LogP contribution in [-0.4, -0.2) is 70.9 Å². The number of epoxide rings is 1. The minimum Gasteiger partial charge on any atom is -0.508 e. The molecule has 0 aromatic heterocycles. The molecule has 2 aromatic rings. The number of hydrogen-bond donors (Lipinski definition) is 1. The van der Waals surface area contributed by atoms with E-state index in [-0.39, 0.29) is 40.7 Å². The van der Waals surface area contributed by atoms with Gasteiger partial charge in [0.1, 0.15) is 40.5 Å². The minimum absolute atomic E-state index is 0.0633. The smallest absolute Gasteiger partial charge is 0.345 e. The molecule has 7 rings (SSSR count). The molecular weight excluding hydrogens is 632 g/mol. The van der Waals surface area contributed by atoms with E-state index in [1.54, 1.807) is 55.5 Å². The molecule has 248 valence electrons. The van der Waals surface area contributed by atoms with Crippen LogP contribution in [0.2, 0.25) is 19.6 Å². The van der Waals surface area contributed by atoms with Crippen molar-refractivity contribution >= 4 is 20.0 Å². The normalized spacial score (nSPS) is 33.6. The number of allylic oxidation sites excluding steroid dienone is 2. The summed E-state index contributed by atoms with van der Waals surface area (Å²) in [4.78, 5) is 15.5. The van der Waals surface area contributed by atoms with Crippen LogP contribution in [0.5, 0.6) is 17.2 Å². The number of ether oxygens (including phenoxy) is 6. The van der Waals surface area contributed by atoms with E-state index in [4.69, 9.17) is 32.8 Å². The third-order valence-electron chi connectivity index (χ3n) is 10.1. The van der Waals surface area contributed by atoms with Gasteiger partial charge in [0.25, 0.3) is 0 Å². The third-order valence-corrected chi connectivity index (χ3v) is 11.1. The molecule has 48 heavy (non-hydrogen) atoms. The maximum atomic E-state index is 13.8. The molecule has 2 unspecified atom stereocenters. The number of fused-ring (bicyclic) bond motifs is 2. The number of nitriles is 1. The Morgan fingerprint density at radius 3 is 2.38 bits per heavy atom. The number of esters is 1. The van der Waals surface area contributed by atoms with Gasteiger partial charge in [0, 0.05) is 31.9 Å². The van der Waals surface area contributed by atoms with Crippen LogP contribution < -0.4 is 14.4 Å². The van der Waals surface area contributed by atoms with E-state index in [1.807, 2.05) is 26.6 Å². The molecule has 2 aliphatic carbocycles. The zero-order valence-corrected chi connectivity index (χ0v) is 29.0. The lowest BCUT2D eigenvalue weighted by Crippen LogP contribution is -2.76. The van der Waals surface area contributed by atoms with Crippen molar-refractivity contribution in [3.05, 3.63) is 59.2 Å². The molecule has 0 spiro atoms. The Morgan fingerprint density at radius 1 is 1.04 bits per heavy atom. The van der Waals surface area contributed by atoms with Crippen molar-refractivity contribution in [1.82, 2.24) is 0 Å². The van der Waals surface area contributed by atoms with Crippen LogP contribution in [0, 0.1) is 40.9 Å². The fourth-order valence-corrected chi connectivity index (χ4v) is 9.79. The number of methoxy groups -OCH3 is 4. The van der Waals surface area contributed by atoms with Crippen molar-refractivity contribution in [3.8, 4) is 47.0 Å². The topological polar surface area (TPSA) is 132 Å². The number of carbonyl (C=O) groups is 1. The van der Waals surface area contributed by atoms with E-state index in [0.29, 0.717) is 11.3 Å². The second kappa shape index (κ2) is 10.3. The summed E-state index contributed by atoms with van der Waals surface area (Å²) >= 11 is 0.